The number of nitrogen functional groups attached to an aromatic ring is 1. The van der Waals surface area contributed by atoms with Crippen molar-refractivity contribution in [1.29, 1.82) is 0 Å². The lowest BCUT2D eigenvalue weighted by molar-refractivity contribution is 0.505. The Bertz CT molecular complexity index is 598. The van der Waals surface area contributed by atoms with Crippen LogP contribution in [0.25, 0.3) is 0 Å². The minimum absolute atomic E-state index is 0.324. The van der Waals surface area contributed by atoms with Gasteiger partial charge in [0.25, 0.3) is 0 Å². The first kappa shape index (κ1) is 14.5. The van der Waals surface area contributed by atoms with Crippen molar-refractivity contribution >= 4 is 5.82 Å². The maximum absolute atomic E-state index is 5.98. The third kappa shape index (κ3) is 2.98. The van der Waals surface area contributed by atoms with Gasteiger partial charge in [-0.15, -0.1) is 0 Å². The molecule has 5 nitrogen and oxygen atoms in total. The molecule has 0 aliphatic heterocycles. The van der Waals surface area contributed by atoms with Gasteiger partial charge >= 0.3 is 0 Å². The van der Waals surface area contributed by atoms with Crippen molar-refractivity contribution in [1.82, 2.24) is 19.7 Å². The van der Waals surface area contributed by atoms with Crippen LogP contribution in [0, 0.1) is 6.92 Å². The maximum Gasteiger partial charge on any atom is 0.130 e. The molecule has 0 atom stereocenters. The second kappa shape index (κ2) is 5.61. The molecular formula is C15H23N5. The molecule has 2 N–H and O–H groups in total. The molecule has 0 aliphatic rings. The van der Waals surface area contributed by atoms with Crippen LogP contribution >= 0.6 is 0 Å². The van der Waals surface area contributed by atoms with Crippen LogP contribution in [0.1, 0.15) is 62.4 Å². The number of rotatable bonds is 4. The van der Waals surface area contributed by atoms with E-state index in [4.69, 9.17) is 5.73 Å². The van der Waals surface area contributed by atoms with Crippen LogP contribution in [0.3, 0.4) is 0 Å². The van der Waals surface area contributed by atoms with E-state index in [0.29, 0.717) is 30.0 Å². The van der Waals surface area contributed by atoms with Gasteiger partial charge in [0.2, 0.25) is 0 Å². The Morgan fingerprint density at radius 2 is 1.95 bits per heavy atom. The molecule has 5 heteroatoms. The van der Waals surface area contributed by atoms with Crippen molar-refractivity contribution in [2.24, 2.45) is 0 Å². The summed E-state index contributed by atoms with van der Waals surface area (Å²) in [5, 5.41) is 4.69. The number of hydrogen-bond acceptors (Lipinski definition) is 4. The predicted octanol–water partition coefficient (Wildman–Crippen LogP) is 2.86. The van der Waals surface area contributed by atoms with Gasteiger partial charge in [0.1, 0.15) is 11.6 Å². The SMILES string of the molecule is Cc1ncc(Cc2cc(C(C)C)nn2C(C)C)c(N)n1. The first-order valence-electron chi connectivity index (χ1n) is 7.04. The van der Waals surface area contributed by atoms with E-state index in [1.807, 2.05) is 13.1 Å². The Labute approximate surface area is 120 Å². The normalized spacial score (nSPS) is 11.6. The Hall–Kier alpha value is -1.91. The van der Waals surface area contributed by atoms with E-state index >= 15 is 0 Å². The van der Waals surface area contributed by atoms with Crippen molar-refractivity contribution in [2.45, 2.75) is 53.0 Å². The van der Waals surface area contributed by atoms with Gasteiger partial charge < -0.3 is 5.73 Å². The molecule has 0 saturated heterocycles. The first-order chi connectivity index (χ1) is 9.38. The van der Waals surface area contributed by atoms with Crippen LogP contribution in [0.2, 0.25) is 0 Å². The maximum atomic E-state index is 5.98. The molecule has 2 aromatic heterocycles. The Morgan fingerprint density at radius 1 is 1.25 bits per heavy atom. The summed E-state index contributed by atoms with van der Waals surface area (Å²) in [6, 6.07) is 2.48. The highest BCUT2D eigenvalue weighted by Gasteiger charge is 2.14. The lowest BCUT2D eigenvalue weighted by Crippen LogP contribution is -2.10. The number of nitrogens with zero attached hydrogens (tertiary/aromatic N) is 4. The summed E-state index contributed by atoms with van der Waals surface area (Å²) in [6.45, 7) is 10.4. The summed E-state index contributed by atoms with van der Waals surface area (Å²) in [5.74, 6) is 1.67. The average molecular weight is 273 g/mol. The highest BCUT2D eigenvalue weighted by Crippen LogP contribution is 2.21. The highest BCUT2D eigenvalue weighted by molar-refractivity contribution is 5.40. The van der Waals surface area contributed by atoms with Gasteiger partial charge in [-0.05, 0) is 32.8 Å². The first-order valence-corrected chi connectivity index (χ1v) is 7.04. The monoisotopic (exact) mass is 273 g/mol. The van der Waals surface area contributed by atoms with Crippen molar-refractivity contribution in [3.63, 3.8) is 0 Å². The second-order valence-electron chi connectivity index (χ2n) is 5.76. The van der Waals surface area contributed by atoms with Gasteiger partial charge in [-0.1, -0.05) is 13.8 Å². The van der Waals surface area contributed by atoms with Crippen LogP contribution in [0.15, 0.2) is 12.3 Å². The zero-order valence-electron chi connectivity index (χ0n) is 12.9. The quantitative estimate of drug-likeness (QED) is 0.930. The Morgan fingerprint density at radius 3 is 2.50 bits per heavy atom. The minimum Gasteiger partial charge on any atom is -0.383 e. The van der Waals surface area contributed by atoms with Crippen molar-refractivity contribution in [3.05, 3.63) is 35.0 Å². The number of hydrogen-bond donors (Lipinski definition) is 1. The van der Waals surface area contributed by atoms with E-state index in [2.05, 4.69) is 53.5 Å². The molecule has 0 fully saturated rings. The second-order valence-corrected chi connectivity index (χ2v) is 5.76. The molecule has 2 aromatic rings. The number of anilines is 1. The molecule has 0 aromatic carbocycles. The smallest absolute Gasteiger partial charge is 0.130 e. The molecule has 0 spiro atoms. The van der Waals surface area contributed by atoms with Crippen LogP contribution in [-0.4, -0.2) is 19.7 Å². The predicted molar refractivity (Wildman–Crippen MR) is 80.7 cm³/mol. The number of aryl methyl sites for hydroxylation is 1. The molecule has 108 valence electrons. The molecule has 0 amide bonds. The molecule has 0 saturated carbocycles. The lowest BCUT2D eigenvalue weighted by Gasteiger charge is -2.11. The molecule has 20 heavy (non-hydrogen) atoms. The standard InChI is InChI=1S/C15H23N5/c1-9(2)14-7-13(20(19-14)10(3)4)6-12-8-17-11(5)18-15(12)16/h7-10H,6H2,1-5H3,(H2,16,17,18). The zero-order chi connectivity index (χ0) is 14.9. The van der Waals surface area contributed by atoms with Crippen molar-refractivity contribution < 1.29 is 0 Å². The average Bonchev–Trinajstić information content (AvgIpc) is 2.77. The third-order valence-corrected chi connectivity index (χ3v) is 3.30. The molecular weight excluding hydrogens is 250 g/mol. The van der Waals surface area contributed by atoms with Crippen LogP contribution in [0.4, 0.5) is 5.82 Å². The van der Waals surface area contributed by atoms with Crippen LogP contribution < -0.4 is 5.73 Å². The minimum atomic E-state index is 0.324. The molecule has 0 aliphatic carbocycles. The summed E-state index contributed by atoms with van der Waals surface area (Å²) in [5.41, 5.74) is 9.20. The van der Waals surface area contributed by atoms with E-state index < -0.39 is 0 Å². The van der Waals surface area contributed by atoms with Gasteiger partial charge in [0.05, 0.1) is 5.69 Å². The van der Waals surface area contributed by atoms with E-state index in [9.17, 15) is 0 Å². The van der Waals surface area contributed by atoms with E-state index in [1.165, 1.54) is 0 Å². The van der Waals surface area contributed by atoms with E-state index in [0.717, 1.165) is 17.0 Å². The highest BCUT2D eigenvalue weighted by atomic mass is 15.3. The van der Waals surface area contributed by atoms with Crippen molar-refractivity contribution in [3.8, 4) is 0 Å². The molecule has 0 radical (unpaired) electrons. The van der Waals surface area contributed by atoms with Gasteiger partial charge in [-0.2, -0.15) is 5.10 Å². The van der Waals surface area contributed by atoms with Crippen LogP contribution in [-0.2, 0) is 6.42 Å². The van der Waals surface area contributed by atoms with Gasteiger partial charge in [0, 0.05) is 29.9 Å². The third-order valence-electron chi connectivity index (χ3n) is 3.30. The van der Waals surface area contributed by atoms with Gasteiger partial charge in [0.15, 0.2) is 0 Å². The Balaban J connectivity index is 2.36. The zero-order valence-corrected chi connectivity index (χ0v) is 12.9. The fourth-order valence-corrected chi connectivity index (χ4v) is 2.16. The fraction of sp³-hybridized carbons (Fsp3) is 0.533. The van der Waals surface area contributed by atoms with E-state index in [1.54, 1.807) is 0 Å². The summed E-state index contributed by atoms with van der Waals surface area (Å²) in [6.07, 6.45) is 2.52. The lowest BCUT2D eigenvalue weighted by atomic mass is 10.1. The van der Waals surface area contributed by atoms with E-state index in [-0.39, 0.29) is 0 Å². The summed E-state index contributed by atoms with van der Waals surface area (Å²) >= 11 is 0. The molecule has 0 bridgehead atoms. The summed E-state index contributed by atoms with van der Waals surface area (Å²) in [7, 11) is 0. The van der Waals surface area contributed by atoms with Gasteiger partial charge in [-0.3, -0.25) is 4.68 Å². The number of nitrogens with two attached hydrogens (primary N) is 1. The summed E-state index contributed by atoms with van der Waals surface area (Å²) < 4.78 is 2.06. The fourth-order valence-electron chi connectivity index (χ4n) is 2.16. The topological polar surface area (TPSA) is 69.6 Å². The number of aromatic nitrogens is 4. The molecule has 2 heterocycles. The van der Waals surface area contributed by atoms with Crippen molar-refractivity contribution in [2.75, 3.05) is 5.73 Å². The van der Waals surface area contributed by atoms with Crippen LogP contribution in [0.5, 0.6) is 0 Å². The van der Waals surface area contributed by atoms with Gasteiger partial charge in [-0.25, -0.2) is 9.97 Å². The Kier molecular flexibility index (Phi) is 4.06. The molecule has 2 rings (SSSR count). The summed E-state index contributed by atoms with van der Waals surface area (Å²) in [4.78, 5) is 8.45. The molecule has 0 unspecified atom stereocenters. The largest absolute Gasteiger partial charge is 0.383 e.